The summed E-state index contributed by atoms with van der Waals surface area (Å²) in [5, 5.41) is 0.631. The van der Waals surface area contributed by atoms with E-state index in [2.05, 4.69) is 34.1 Å². The van der Waals surface area contributed by atoms with Gasteiger partial charge in [-0.2, -0.15) is 0 Å². The molecule has 0 bridgehead atoms. The Morgan fingerprint density at radius 1 is 1.21 bits per heavy atom. The number of rotatable bonds is 1. The second-order valence-corrected chi connectivity index (χ2v) is 7.11. The molecule has 1 aromatic heterocycles. The maximum atomic E-state index is 13.1. The number of nitrogens with zero attached hydrogens (tertiary/aromatic N) is 3. The second-order valence-electron chi connectivity index (χ2n) is 6.67. The summed E-state index contributed by atoms with van der Waals surface area (Å²) in [7, 11) is 2.04. The number of carbonyl (C=O) groups is 1. The summed E-state index contributed by atoms with van der Waals surface area (Å²) in [6.07, 6.45) is 3.26. The zero-order valence-corrected chi connectivity index (χ0v) is 14.5. The Morgan fingerprint density at radius 2 is 2.00 bits per heavy atom. The van der Waals surface area contributed by atoms with Crippen LogP contribution in [-0.4, -0.2) is 40.3 Å². The maximum Gasteiger partial charge on any atom is 0.240 e. The maximum absolute atomic E-state index is 13.1. The number of benzene rings is 1. The predicted octanol–water partition coefficient (Wildman–Crippen LogP) is 2.68. The Morgan fingerprint density at radius 3 is 2.83 bits per heavy atom. The van der Waals surface area contributed by atoms with Gasteiger partial charge in [0.2, 0.25) is 5.91 Å². The second kappa shape index (κ2) is 6.19. The van der Waals surface area contributed by atoms with E-state index in [1.54, 1.807) is 6.20 Å². The highest BCUT2D eigenvalue weighted by Gasteiger charge is 2.33. The number of halogens is 1. The minimum absolute atomic E-state index is 0.0893. The topological polar surface area (TPSA) is 36.4 Å². The van der Waals surface area contributed by atoms with Crippen LogP contribution in [0.25, 0.3) is 0 Å². The Labute approximate surface area is 147 Å². The molecule has 0 saturated heterocycles. The SMILES string of the molecule is CN1Cc2ccccc2CC1C(=O)N1CCc2ncc(Cl)cc2C1. The first-order chi connectivity index (χ1) is 11.6. The number of amides is 1. The normalized spacial score (nSPS) is 20.4. The van der Waals surface area contributed by atoms with Crippen molar-refractivity contribution < 1.29 is 4.79 Å². The van der Waals surface area contributed by atoms with Crippen LogP contribution in [0.1, 0.15) is 22.4 Å². The standard InChI is InChI=1S/C19H20ClN3O/c1-22-11-14-5-3-2-4-13(14)9-18(22)19(24)23-7-6-17-15(12-23)8-16(20)10-21-17/h2-5,8,10,18H,6-7,9,11-12H2,1H3. The lowest BCUT2D eigenvalue weighted by molar-refractivity contribution is -0.138. The van der Waals surface area contributed by atoms with Gasteiger partial charge in [-0.05, 0) is 36.2 Å². The first-order valence-electron chi connectivity index (χ1n) is 8.31. The molecule has 2 aromatic rings. The first kappa shape index (κ1) is 15.6. The zero-order chi connectivity index (χ0) is 16.7. The number of carbonyl (C=O) groups excluding carboxylic acids is 1. The van der Waals surface area contributed by atoms with Gasteiger partial charge in [0, 0.05) is 37.9 Å². The fraction of sp³-hybridized carbons (Fsp3) is 0.368. The van der Waals surface area contributed by atoms with E-state index in [-0.39, 0.29) is 11.9 Å². The van der Waals surface area contributed by atoms with Crippen molar-refractivity contribution in [3.63, 3.8) is 0 Å². The molecule has 5 heteroatoms. The minimum atomic E-state index is -0.0893. The van der Waals surface area contributed by atoms with E-state index in [4.69, 9.17) is 11.6 Å². The van der Waals surface area contributed by atoms with E-state index in [1.807, 2.05) is 18.0 Å². The van der Waals surface area contributed by atoms with Crippen LogP contribution in [0.5, 0.6) is 0 Å². The molecule has 0 spiro atoms. The number of aromatic nitrogens is 1. The zero-order valence-electron chi connectivity index (χ0n) is 13.7. The summed E-state index contributed by atoms with van der Waals surface area (Å²) < 4.78 is 0. The van der Waals surface area contributed by atoms with Crippen molar-refractivity contribution in [2.75, 3.05) is 13.6 Å². The molecule has 1 unspecified atom stereocenters. The molecular formula is C19H20ClN3O. The molecule has 0 aliphatic carbocycles. The Bertz CT molecular complexity index is 792. The van der Waals surface area contributed by atoms with E-state index in [1.165, 1.54) is 11.1 Å². The van der Waals surface area contributed by atoms with Gasteiger partial charge in [-0.1, -0.05) is 35.9 Å². The summed E-state index contributed by atoms with van der Waals surface area (Å²) in [6.45, 7) is 2.16. The number of hydrogen-bond acceptors (Lipinski definition) is 3. The number of hydrogen-bond donors (Lipinski definition) is 0. The van der Waals surface area contributed by atoms with Crippen LogP contribution < -0.4 is 0 Å². The van der Waals surface area contributed by atoms with Crippen molar-refractivity contribution in [1.29, 1.82) is 0 Å². The molecule has 4 rings (SSSR count). The minimum Gasteiger partial charge on any atom is -0.337 e. The van der Waals surface area contributed by atoms with Gasteiger partial charge in [0.1, 0.15) is 0 Å². The Balaban J connectivity index is 1.54. The average Bonchev–Trinajstić information content (AvgIpc) is 2.60. The first-order valence-corrected chi connectivity index (χ1v) is 8.69. The molecule has 1 atom stereocenters. The third-order valence-electron chi connectivity index (χ3n) is 5.09. The number of fused-ring (bicyclic) bond motifs is 2. The van der Waals surface area contributed by atoms with Crippen molar-refractivity contribution in [3.05, 3.63) is 63.9 Å². The monoisotopic (exact) mass is 341 g/mol. The van der Waals surface area contributed by atoms with Crippen LogP contribution in [0.3, 0.4) is 0 Å². The molecule has 0 fully saturated rings. The highest BCUT2D eigenvalue weighted by molar-refractivity contribution is 6.30. The van der Waals surface area contributed by atoms with E-state index in [9.17, 15) is 4.79 Å². The molecule has 0 saturated carbocycles. The van der Waals surface area contributed by atoms with Crippen LogP contribution in [0, 0.1) is 0 Å². The van der Waals surface area contributed by atoms with Gasteiger partial charge in [-0.25, -0.2) is 0 Å². The molecule has 3 heterocycles. The quantitative estimate of drug-likeness (QED) is 0.800. The molecule has 2 aliphatic rings. The molecule has 4 nitrogen and oxygen atoms in total. The average molecular weight is 342 g/mol. The smallest absolute Gasteiger partial charge is 0.240 e. The van der Waals surface area contributed by atoms with E-state index >= 15 is 0 Å². The van der Waals surface area contributed by atoms with Crippen LogP contribution in [0.15, 0.2) is 36.5 Å². The molecule has 0 N–H and O–H groups in total. The van der Waals surface area contributed by atoms with Crippen molar-refractivity contribution in [2.24, 2.45) is 0 Å². The molecule has 1 amide bonds. The summed E-state index contributed by atoms with van der Waals surface area (Å²) in [4.78, 5) is 21.6. The van der Waals surface area contributed by atoms with E-state index in [0.717, 1.165) is 37.2 Å². The highest BCUT2D eigenvalue weighted by atomic mass is 35.5. The number of pyridine rings is 1. The van der Waals surface area contributed by atoms with Gasteiger partial charge in [0.15, 0.2) is 0 Å². The highest BCUT2D eigenvalue weighted by Crippen LogP contribution is 2.26. The Hall–Kier alpha value is -1.91. The molecule has 24 heavy (non-hydrogen) atoms. The van der Waals surface area contributed by atoms with Gasteiger partial charge in [0.25, 0.3) is 0 Å². The van der Waals surface area contributed by atoms with Crippen LogP contribution >= 0.6 is 11.6 Å². The van der Waals surface area contributed by atoms with Crippen molar-refractivity contribution in [1.82, 2.24) is 14.8 Å². The van der Waals surface area contributed by atoms with Crippen LogP contribution in [-0.2, 0) is 30.7 Å². The summed E-state index contributed by atoms with van der Waals surface area (Å²) in [6, 6.07) is 10.2. The summed E-state index contributed by atoms with van der Waals surface area (Å²) >= 11 is 6.06. The van der Waals surface area contributed by atoms with Gasteiger partial charge >= 0.3 is 0 Å². The van der Waals surface area contributed by atoms with E-state index < -0.39 is 0 Å². The molecule has 124 valence electrons. The van der Waals surface area contributed by atoms with Gasteiger partial charge in [0.05, 0.1) is 11.1 Å². The van der Waals surface area contributed by atoms with Crippen molar-refractivity contribution in [3.8, 4) is 0 Å². The number of likely N-dealkylation sites (N-methyl/N-ethyl adjacent to an activating group) is 1. The lowest BCUT2D eigenvalue weighted by Crippen LogP contribution is -2.51. The fourth-order valence-electron chi connectivity index (χ4n) is 3.73. The Kier molecular flexibility index (Phi) is 4.02. The third-order valence-corrected chi connectivity index (χ3v) is 5.29. The van der Waals surface area contributed by atoms with Gasteiger partial charge in [-0.15, -0.1) is 0 Å². The summed E-state index contributed by atoms with van der Waals surface area (Å²) in [5.74, 6) is 0.206. The fourth-order valence-corrected chi connectivity index (χ4v) is 3.91. The van der Waals surface area contributed by atoms with E-state index in [0.29, 0.717) is 11.6 Å². The lowest BCUT2D eigenvalue weighted by Gasteiger charge is -2.38. The molecular weight excluding hydrogens is 322 g/mol. The van der Waals surface area contributed by atoms with Gasteiger partial charge in [-0.3, -0.25) is 14.7 Å². The third kappa shape index (κ3) is 2.80. The van der Waals surface area contributed by atoms with Gasteiger partial charge < -0.3 is 4.90 Å². The lowest BCUT2D eigenvalue weighted by atomic mass is 9.93. The largest absolute Gasteiger partial charge is 0.337 e. The predicted molar refractivity (Wildman–Crippen MR) is 93.8 cm³/mol. The van der Waals surface area contributed by atoms with Crippen molar-refractivity contribution >= 4 is 17.5 Å². The van der Waals surface area contributed by atoms with Crippen molar-refractivity contribution in [2.45, 2.75) is 32.0 Å². The summed E-state index contributed by atoms with van der Waals surface area (Å²) in [5.41, 5.74) is 4.74. The van der Waals surface area contributed by atoms with Crippen LogP contribution in [0.4, 0.5) is 0 Å². The molecule has 2 aliphatic heterocycles. The molecule has 1 aromatic carbocycles. The van der Waals surface area contributed by atoms with Crippen LogP contribution in [0.2, 0.25) is 5.02 Å². The molecule has 0 radical (unpaired) electrons.